The summed E-state index contributed by atoms with van der Waals surface area (Å²) in [6, 6.07) is 0. The smallest absolute Gasteiger partial charge is 0.323 e. The highest BCUT2D eigenvalue weighted by Gasteiger charge is 2.54. The molecule has 1 rings (SSSR count). The van der Waals surface area contributed by atoms with Crippen LogP contribution >= 0.6 is 0 Å². The maximum atomic E-state index is 12.1. The average molecular weight is 308 g/mol. The van der Waals surface area contributed by atoms with Crippen LogP contribution in [-0.4, -0.2) is 32.1 Å². The highest BCUT2D eigenvalue weighted by molar-refractivity contribution is 6.01. The summed E-state index contributed by atoms with van der Waals surface area (Å²) in [7, 11) is 2.46. The standard InChI is InChI=1S/C16H20O6/c1-5-6-12-9-16(14(18)20-3,15(19)21-4)10-13(12)7-8-22-11(2)17/h5-8,13H,1,9-10H2,2-4H3/b8-7+,12-6-. The minimum absolute atomic E-state index is 0.174. The van der Waals surface area contributed by atoms with Crippen LogP contribution < -0.4 is 0 Å². The maximum Gasteiger partial charge on any atom is 0.323 e. The minimum Gasteiger partial charge on any atom is -0.468 e. The SMILES string of the molecule is C=C/C=C1/CC(C(=O)OC)(C(=O)OC)CC1/C=C/OC(C)=O. The van der Waals surface area contributed by atoms with Crippen LogP contribution in [0.15, 0.2) is 36.6 Å². The predicted octanol–water partition coefficient (Wildman–Crippen LogP) is 1.92. The number of methoxy groups -OCH3 is 2. The Morgan fingerprint density at radius 1 is 1.23 bits per heavy atom. The molecule has 1 unspecified atom stereocenters. The summed E-state index contributed by atoms with van der Waals surface area (Å²) in [6.45, 7) is 4.91. The zero-order valence-corrected chi connectivity index (χ0v) is 13.0. The van der Waals surface area contributed by atoms with E-state index in [1.54, 1.807) is 18.2 Å². The number of carbonyl (C=O) groups excluding carboxylic acids is 3. The first-order valence-corrected chi connectivity index (χ1v) is 6.73. The molecule has 6 heteroatoms. The molecule has 0 aromatic heterocycles. The third kappa shape index (κ3) is 3.63. The van der Waals surface area contributed by atoms with Crippen LogP contribution in [0.5, 0.6) is 0 Å². The first-order chi connectivity index (χ1) is 10.4. The molecule has 0 aromatic rings. The van der Waals surface area contributed by atoms with Gasteiger partial charge in [0.2, 0.25) is 0 Å². The van der Waals surface area contributed by atoms with Crippen LogP contribution in [0.3, 0.4) is 0 Å². The molecule has 22 heavy (non-hydrogen) atoms. The quantitative estimate of drug-likeness (QED) is 0.334. The Bertz CT molecular complexity index is 513. The lowest BCUT2D eigenvalue weighted by molar-refractivity contribution is -0.168. The van der Waals surface area contributed by atoms with Crippen molar-refractivity contribution in [3.8, 4) is 0 Å². The van der Waals surface area contributed by atoms with Gasteiger partial charge in [-0.25, -0.2) is 0 Å². The van der Waals surface area contributed by atoms with E-state index >= 15 is 0 Å². The van der Waals surface area contributed by atoms with Crippen molar-refractivity contribution in [3.05, 3.63) is 36.6 Å². The fourth-order valence-corrected chi connectivity index (χ4v) is 2.60. The second-order valence-corrected chi connectivity index (χ2v) is 4.97. The molecule has 0 heterocycles. The molecule has 0 aliphatic heterocycles. The lowest BCUT2D eigenvalue weighted by Gasteiger charge is -2.22. The zero-order chi connectivity index (χ0) is 16.8. The molecular formula is C16H20O6. The van der Waals surface area contributed by atoms with Gasteiger partial charge in [-0.2, -0.15) is 0 Å². The van der Waals surface area contributed by atoms with Gasteiger partial charge < -0.3 is 14.2 Å². The van der Waals surface area contributed by atoms with Gasteiger partial charge >= 0.3 is 17.9 Å². The fraction of sp³-hybridized carbons (Fsp3) is 0.438. The van der Waals surface area contributed by atoms with Crippen LogP contribution in [0.1, 0.15) is 19.8 Å². The van der Waals surface area contributed by atoms with Crippen molar-refractivity contribution in [2.45, 2.75) is 19.8 Å². The van der Waals surface area contributed by atoms with E-state index in [1.807, 2.05) is 0 Å². The second kappa shape index (κ2) is 7.59. The second-order valence-electron chi connectivity index (χ2n) is 4.97. The lowest BCUT2D eigenvalue weighted by Crippen LogP contribution is -2.39. The first-order valence-electron chi connectivity index (χ1n) is 6.73. The van der Waals surface area contributed by atoms with E-state index in [1.165, 1.54) is 27.4 Å². The Kier molecular flexibility index (Phi) is 6.10. The number of hydrogen-bond acceptors (Lipinski definition) is 6. The van der Waals surface area contributed by atoms with E-state index in [2.05, 4.69) is 6.58 Å². The molecule has 120 valence electrons. The van der Waals surface area contributed by atoms with Crippen molar-refractivity contribution in [1.82, 2.24) is 0 Å². The van der Waals surface area contributed by atoms with E-state index in [0.717, 1.165) is 5.57 Å². The highest BCUT2D eigenvalue weighted by Crippen LogP contribution is 2.47. The molecule has 6 nitrogen and oxygen atoms in total. The molecule has 1 aliphatic rings. The molecule has 0 spiro atoms. The Morgan fingerprint density at radius 2 is 1.82 bits per heavy atom. The molecule has 0 saturated heterocycles. The van der Waals surface area contributed by atoms with E-state index in [9.17, 15) is 14.4 Å². The molecule has 1 saturated carbocycles. The van der Waals surface area contributed by atoms with E-state index in [0.29, 0.717) is 0 Å². The van der Waals surface area contributed by atoms with Crippen LogP contribution in [0.4, 0.5) is 0 Å². The number of allylic oxidation sites excluding steroid dienone is 4. The molecule has 0 aromatic carbocycles. The van der Waals surface area contributed by atoms with Gasteiger partial charge in [0.1, 0.15) is 0 Å². The number of esters is 3. The van der Waals surface area contributed by atoms with Crippen LogP contribution in [-0.2, 0) is 28.6 Å². The summed E-state index contributed by atoms with van der Waals surface area (Å²) in [5, 5.41) is 0. The van der Waals surface area contributed by atoms with Crippen molar-refractivity contribution < 1.29 is 28.6 Å². The summed E-state index contributed by atoms with van der Waals surface area (Å²) in [4.78, 5) is 35.1. The maximum absolute atomic E-state index is 12.1. The van der Waals surface area contributed by atoms with Crippen molar-refractivity contribution >= 4 is 17.9 Å². The topological polar surface area (TPSA) is 78.9 Å². The predicted molar refractivity (Wildman–Crippen MR) is 78.4 cm³/mol. The van der Waals surface area contributed by atoms with Gasteiger partial charge in [0, 0.05) is 12.8 Å². The first kappa shape index (κ1) is 17.7. The third-order valence-electron chi connectivity index (χ3n) is 3.58. The summed E-state index contributed by atoms with van der Waals surface area (Å²) in [5.74, 6) is -1.98. The summed E-state index contributed by atoms with van der Waals surface area (Å²) >= 11 is 0. The molecule has 0 bridgehead atoms. The summed E-state index contributed by atoms with van der Waals surface area (Å²) < 4.78 is 14.3. The third-order valence-corrected chi connectivity index (χ3v) is 3.58. The molecule has 1 atom stereocenters. The monoisotopic (exact) mass is 308 g/mol. The van der Waals surface area contributed by atoms with Crippen LogP contribution in [0, 0.1) is 11.3 Å². The lowest BCUT2D eigenvalue weighted by atomic mass is 9.85. The molecule has 0 N–H and O–H groups in total. The number of hydrogen-bond donors (Lipinski definition) is 0. The van der Waals surface area contributed by atoms with Gasteiger partial charge in [-0.1, -0.05) is 24.3 Å². The molecule has 0 amide bonds. The van der Waals surface area contributed by atoms with Gasteiger partial charge in [-0.3, -0.25) is 14.4 Å². The van der Waals surface area contributed by atoms with E-state index in [-0.39, 0.29) is 18.8 Å². The minimum atomic E-state index is -1.39. The average Bonchev–Trinajstić information content (AvgIpc) is 2.85. The largest absolute Gasteiger partial charge is 0.468 e. The zero-order valence-electron chi connectivity index (χ0n) is 13.0. The number of ether oxygens (including phenoxy) is 3. The summed E-state index contributed by atoms with van der Waals surface area (Å²) in [5.41, 5.74) is -0.571. The Morgan fingerprint density at radius 3 is 2.27 bits per heavy atom. The molecule has 0 radical (unpaired) electrons. The number of rotatable bonds is 5. The van der Waals surface area contributed by atoms with Gasteiger partial charge in [0.15, 0.2) is 5.41 Å². The van der Waals surface area contributed by atoms with Crippen molar-refractivity contribution in [3.63, 3.8) is 0 Å². The fourth-order valence-electron chi connectivity index (χ4n) is 2.60. The van der Waals surface area contributed by atoms with E-state index in [4.69, 9.17) is 14.2 Å². The number of carbonyl (C=O) groups is 3. The Labute approximate surface area is 129 Å². The van der Waals surface area contributed by atoms with Gasteiger partial charge in [0.05, 0.1) is 20.5 Å². The Balaban J connectivity index is 3.14. The van der Waals surface area contributed by atoms with Gasteiger partial charge in [0.25, 0.3) is 0 Å². The molecular weight excluding hydrogens is 288 g/mol. The van der Waals surface area contributed by atoms with Crippen molar-refractivity contribution in [2.24, 2.45) is 11.3 Å². The Hall–Kier alpha value is -2.37. The van der Waals surface area contributed by atoms with E-state index < -0.39 is 23.3 Å². The van der Waals surface area contributed by atoms with Gasteiger partial charge in [-0.15, -0.1) is 0 Å². The molecule has 1 fully saturated rings. The summed E-state index contributed by atoms with van der Waals surface area (Å²) in [6.07, 6.45) is 6.55. The normalized spacial score (nSPS) is 21.6. The van der Waals surface area contributed by atoms with Gasteiger partial charge in [-0.05, 0) is 18.9 Å². The van der Waals surface area contributed by atoms with Crippen molar-refractivity contribution in [2.75, 3.05) is 14.2 Å². The molecule has 1 aliphatic carbocycles. The van der Waals surface area contributed by atoms with Crippen LogP contribution in [0.25, 0.3) is 0 Å². The highest BCUT2D eigenvalue weighted by atomic mass is 16.5. The van der Waals surface area contributed by atoms with Crippen LogP contribution in [0.2, 0.25) is 0 Å². The van der Waals surface area contributed by atoms with Crippen molar-refractivity contribution in [1.29, 1.82) is 0 Å².